The number of nitrogens with zero attached hydrogens (tertiary/aromatic N) is 3. The van der Waals surface area contributed by atoms with E-state index >= 15 is 0 Å². The van der Waals surface area contributed by atoms with E-state index in [1.165, 1.54) is 10.6 Å². The van der Waals surface area contributed by atoms with Crippen molar-refractivity contribution in [2.45, 2.75) is 18.9 Å². The van der Waals surface area contributed by atoms with Crippen LogP contribution in [0.5, 0.6) is 0 Å². The number of sulfonamides is 1. The molecular formula is C17H24ClN3O3S. The number of piperazine rings is 1. The number of likely N-dealkylation sites (tertiary alicyclic amines) is 1. The van der Waals surface area contributed by atoms with E-state index in [9.17, 15) is 13.2 Å². The molecule has 0 aliphatic carbocycles. The number of rotatable bonds is 4. The summed E-state index contributed by atoms with van der Waals surface area (Å²) >= 11 is 6.33. The molecule has 0 saturated carbocycles. The molecule has 25 heavy (non-hydrogen) atoms. The molecule has 1 atom stereocenters. The summed E-state index contributed by atoms with van der Waals surface area (Å²) in [4.78, 5) is 16.6. The number of carbonyl (C=O) groups is 1. The minimum absolute atomic E-state index is 0.0621. The zero-order chi connectivity index (χ0) is 18.0. The zero-order valence-electron chi connectivity index (χ0n) is 14.4. The van der Waals surface area contributed by atoms with Gasteiger partial charge >= 0.3 is 0 Å². The van der Waals surface area contributed by atoms with Crippen molar-refractivity contribution in [1.82, 2.24) is 14.1 Å². The molecule has 0 aromatic heterocycles. The van der Waals surface area contributed by atoms with E-state index in [0.717, 1.165) is 30.0 Å². The lowest BCUT2D eigenvalue weighted by Gasteiger charge is -2.35. The predicted molar refractivity (Wildman–Crippen MR) is 98.0 cm³/mol. The molecule has 2 aliphatic heterocycles. The average molecular weight is 386 g/mol. The number of carbonyl (C=O) groups excluding carboxylic acids is 1. The summed E-state index contributed by atoms with van der Waals surface area (Å²) in [6, 6.07) is 7.98. The molecule has 6 nitrogen and oxygen atoms in total. The van der Waals surface area contributed by atoms with Crippen LogP contribution in [0.3, 0.4) is 0 Å². The number of halogens is 1. The van der Waals surface area contributed by atoms with Gasteiger partial charge in [-0.15, -0.1) is 0 Å². The molecule has 0 spiro atoms. The van der Waals surface area contributed by atoms with Crippen LogP contribution < -0.4 is 0 Å². The molecule has 2 heterocycles. The fraction of sp³-hybridized carbons (Fsp3) is 0.588. The number of hydrogen-bond acceptors (Lipinski definition) is 4. The van der Waals surface area contributed by atoms with Gasteiger partial charge in [0.05, 0.1) is 12.8 Å². The molecular weight excluding hydrogens is 362 g/mol. The Morgan fingerprint density at radius 2 is 1.84 bits per heavy atom. The highest BCUT2D eigenvalue weighted by Gasteiger charge is 2.32. The first-order valence-electron chi connectivity index (χ1n) is 8.57. The Labute approximate surface area is 154 Å². The van der Waals surface area contributed by atoms with Gasteiger partial charge in [0, 0.05) is 37.2 Å². The van der Waals surface area contributed by atoms with Gasteiger partial charge in [-0.05, 0) is 31.0 Å². The van der Waals surface area contributed by atoms with E-state index in [1.54, 1.807) is 4.90 Å². The third-order valence-corrected chi connectivity index (χ3v) is 6.67. The van der Waals surface area contributed by atoms with Crippen LogP contribution in [0.25, 0.3) is 0 Å². The fourth-order valence-electron chi connectivity index (χ4n) is 3.66. The minimum Gasteiger partial charge on any atom is -0.339 e. The second-order valence-electron chi connectivity index (χ2n) is 6.69. The van der Waals surface area contributed by atoms with Crippen molar-refractivity contribution >= 4 is 27.5 Å². The molecule has 0 bridgehead atoms. The van der Waals surface area contributed by atoms with E-state index < -0.39 is 10.0 Å². The predicted octanol–water partition coefficient (Wildman–Crippen LogP) is 1.58. The van der Waals surface area contributed by atoms with Crippen molar-refractivity contribution in [3.05, 3.63) is 34.9 Å². The molecule has 1 aromatic carbocycles. The second kappa shape index (κ2) is 7.61. The Bertz CT molecular complexity index is 732. The standard InChI is InChI=1S/C17H24ClN3O3S/c1-25(23,24)21-11-9-19(10-12-21)17(22)13-20-8-4-7-16(20)14-5-2-3-6-15(14)18/h2-3,5-6,16H,4,7-13H2,1H3. The van der Waals surface area contributed by atoms with E-state index in [0.29, 0.717) is 32.7 Å². The summed E-state index contributed by atoms with van der Waals surface area (Å²) in [7, 11) is -3.18. The van der Waals surface area contributed by atoms with Gasteiger partial charge in [-0.3, -0.25) is 9.69 Å². The summed E-state index contributed by atoms with van der Waals surface area (Å²) in [5.41, 5.74) is 1.08. The first-order valence-corrected chi connectivity index (χ1v) is 10.8. The largest absolute Gasteiger partial charge is 0.339 e. The highest BCUT2D eigenvalue weighted by molar-refractivity contribution is 7.88. The van der Waals surface area contributed by atoms with Crippen molar-refractivity contribution < 1.29 is 13.2 Å². The zero-order valence-corrected chi connectivity index (χ0v) is 16.0. The van der Waals surface area contributed by atoms with E-state index in [2.05, 4.69) is 4.90 Å². The van der Waals surface area contributed by atoms with Crippen molar-refractivity contribution in [3.8, 4) is 0 Å². The van der Waals surface area contributed by atoms with Crippen LogP contribution in [-0.2, 0) is 14.8 Å². The first-order chi connectivity index (χ1) is 11.9. The van der Waals surface area contributed by atoms with E-state index in [1.807, 2.05) is 24.3 Å². The number of amides is 1. The van der Waals surface area contributed by atoms with Crippen molar-refractivity contribution in [2.24, 2.45) is 0 Å². The molecule has 1 unspecified atom stereocenters. The lowest BCUT2D eigenvalue weighted by Crippen LogP contribution is -2.52. The molecule has 138 valence electrons. The normalized spacial score (nSPS) is 23.1. The Morgan fingerprint density at radius 3 is 2.48 bits per heavy atom. The van der Waals surface area contributed by atoms with Crippen LogP contribution in [0, 0.1) is 0 Å². The summed E-state index contributed by atoms with van der Waals surface area (Å²) in [5.74, 6) is 0.0621. The highest BCUT2D eigenvalue weighted by atomic mass is 35.5. The average Bonchev–Trinajstić information content (AvgIpc) is 3.02. The summed E-state index contributed by atoms with van der Waals surface area (Å²) in [6.45, 7) is 2.89. The van der Waals surface area contributed by atoms with Crippen LogP contribution in [0.1, 0.15) is 24.4 Å². The summed E-state index contributed by atoms with van der Waals surface area (Å²) in [5, 5.41) is 0.744. The highest BCUT2D eigenvalue weighted by Crippen LogP contribution is 2.35. The lowest BCUT2D eigenvalue weighted by molar-refractivity contribution is -0.133. The molecule has 2 aliphatic rings. The molecule has 0 N–H and O–H groups in total. The molecule has 3 rings (SSSR count). The summed E-state index contributed by atoms with van der Waals surface area (Å²) in [6.07, 6.45) is 3.26. The van der Waals surface area contributed by atoms with Gasteiger partial charge in [0.2, 0.25) is 15.9 Å². The van der Waals surface area contributed by atoms with Gasteiger partial charge in [-0.2, -0.15) is 4.31 Å². The van der Waals surface area contributed by atoms with E-state index in [4.69, 9.17) is 11.6 Å². The fourth-order valence-corrected chi connectivity index (χ4v) is 4.74. The molecule has 1 aromatic rings. The Kier molecular flexibility index (Phi) is 5.68. The Balaban J connectivity index is 1.60. The first kappa shape index (κ1) is 18.6. The maximum Gasteiger partial charge on any atom is 0.236 e. The van der Waals surface area contributed by atoms with Gasteiger partial charge in [0.25, 0.3) is 0 Å². The molecule has 8 heteroatoms. The molecule has 0 radical (unpaired) electrons. The molecule has 2 fully saturated rings. The van der Waals surface area contributed by atoms with Crippen LogP contribution in [0.2, 0.25) is 5.02 Å². The maximum atomic E-state index is 12.7. The number of benzene rings is 1. The smallest absolute Gasteiger partial charge is 0.236 e. The van der Waals surface area contributed by atoms with Crippen molar-refractivity contribution in [3.63, 3.8) is 0 Å². The number of hydrogen-bond donors (Lipinski definition) is 0. The monoisotopic (exact) mass is 385 g/mol. The van der Waals surface area contributed by atoms with Crippen LogP contribution in [0.15, 0.2) is 24.3 Å². The lowest BCUT2D eigenvalue weighted by atomic mass is 10.0. The van der Waals surface area contributed by atoms with Gasteiger partial charge < -0.3 is 4.90 Å². The van der Waals surface area contributed by atoms with Crippen LogP contribution in [0.4, 0.5) is 0 Å². The Hall–Kier alpha value is -1.15. The second-order valence-corrected chi connectivity index (χ2v) is 9.08. The Morgan fingerprint density at radius 1 is 1.16 bits per heavy atom. The van der Waals surface area contributed by atoms with Crippen molar-refractivity contribution in [1.29, 1.82) is 0 Å². The van der Waals surface area contributed by atoms with Crippen molar-refractivity contribution in [2.75, 3.05) is 45.5 Å². The van der Waals surface area contributed by atoms with Gasteiger partial charge in [0.1, 0.15) is 0 Å². The van der Waals surface area contributed by atoms with Gasteiger partial charge in [0.15, 0.2) is 0 Å². The van der Waals surface area contributed by atoms with Gasteiger partial charge in [-0.1, -0.05) is 29.8 Å². The van der Waals surface area contributed by atoms with Gasteiger partial charge in [-0.25, -0.2) is 8.42 Å². The third-order valence-electron chi connectivity index (χ3n) is 5.03. The third kappa shape index (κ3) is 4.34. The van der Waals surface area contributed by atoms with E-state index in [-0.39, 0.29) is 11.9 Å². The topological polar surface area (TPSA) is 60.9 Å². The maximum absolute atomic E-state index is 12.7. The quantitative estimate of drug-likeness (QED) is 0.789. The minimum atomic E-state index is -3.18. The molecule has 2 saturated heterocycles. The molecule has 1 amide bonds. The SMILES string of the molecule is CS(=O)(=O)N1CCN(C(=O)CN2CCCC2c2ccccc2Cl)CC1. The van der Waals surface area contributed by atoms with Crippen LogP contribution in [-0.4, -0.2) is 74.0 Å². The van der Waals surface area contributed by atoms with Crippen LogP contribution >= 0.6 is 11.6 Å². The summed E-state index contributed by atoms with van der Waals surface area (Å²) < 4.78 is 24.6.